The van der Waals surface area contributed by atoms with Gasteiger partial charge in [-0.15, -0.1) is 0 Å². The largest absolute Gasteiger partial charge is 0.488 e. The molecule has 2 aliphatic heterocycles. The number of rotatable bonds is 7. The molecule has 2 heterocycles. The van der Waals surface area contributed by atoms with Gasteiger partial charge in [-0.2, -0.15) is 0 Å². The molecule has 0 aliphatic carbocycles. The van der Waals surface area contributed by atoms with E-state index in [1.165, 1.54) is 0 Å². The van der Waals surface area contributed by atoms with Crippen molar-refractivity contribution in [3.63, 3.8) is 0 Å². The zero-order valence-electron chi connectivity index (χ0n) is 18.0. The van der Waals surface area contributed by atoms with Crippen LogP contribution in [-0.2, 0) is 15.9 Å². The highest BCUT2D eigenvalue weighted by molar-refractivity contribution is 5.39. The Bertz CT molecular complexity index is 878. The summed E-state index contributed by atoms with van der Waals surface area (Å²) in [6.07, 6.45) is -4.89. The van der Waals surface area contributed by atoms with Crippen molar-refractivity contribution in [1.29, 1.82) is 0 Å². The third-order valence-corrected chi connectivity index (χ3v) is 5.93. The summed E-state index contributed by atoms with van der Waals surface area (Å²) in [4.78, 5) is 0. The van der Waals surface area contributed by atoms with Crippen molar-refractivity contribution in [2.45, 2.75) is 56.6 Å². The van der Waals surface area contributed by atoms with Gasteiger partial charge in [0.2, 0.25) is 6.29 Å². The Labute approximate surface area is 186 Å². The van der Waals surface area contributed by atoms with Crippen LogP contribution in [-0.4, -0.2) is 77.1 Å². The minimum absolute atomic E-state index is 0.111. The first-order valence-corrected chi connectivity index (χ1v) is 10.8. The molecule has 2 aromatic rings. The van der Waals surface area contributed by atoms with Gasteiger partial charge in [0, 0.05) is 6.42 Å². The van der Waals surface area contributed by atoms with Gasteiger partial charge in [-0.1, -0.05) is 18.2 Å². The van der Waals surface area contributed by atoms with Crippen LogP contribution in [0.3, 0.4) is 0 Å². The molecule has 2 aromatic carbocycles. The summed E-state index contributed by atoms with van der Waals surface area (Å²) in [7, 11) is 0. The molecule has 32 heavy (non-hydrogen) atoms. The Balaban J connectivity index is 1.42. The Hall–Kier alpha value is -2.20. The molecule has 8 heteroatoms. The summed E-state index contributed by atoms with van der Waals surface area (Å²) in [5, 5.41) is 39.4. The number of hydrogen-bond donors (Lipinski definition) is 4. The van der Waals surface area contributed by atoms with Crippen LogP contribution in [0.25, 0.3) is 0 Å². The maximum Gasteiger partial charge on any atom is 0.229 e. The smallest absolute Gasteiger partial charge is 0.229 e. The predicted molar refractivity (Wildman–Crippen MR) is 115 cm³/mol. The van der Waals surface area contributed by atoms with Crippen LogP contribution in [0, 0.1) is 6.92 Å². The van der Waals surface area contributed by atoms with E-state index in [0.717, 1.165) is 35.5 Å². The third kappa shape index (κ3) is 5.23. The zero-order chi connectivity index (χ0) is 22.7. The number of benzene rings is 2. The van der Waals surface area contributed by atoms with Crippen LogP contribution in [0.1, 0.15) is 23.1 Å². The van der Waals surface area contributed by atoms with Crippen molar-refractivity contribution in [3.05, 3.63) is 59.2 Å². The van der Waals surface area contributed by atoms with Gasteiger partial charge >= 0.3 is 0 Å². The maximum absolute atomic E-state index is 10.2. The molecule has 2 aliphatic rings. The minimum atomic E-state index is -1.48. The second kappa shape index (κ2) is 10.2. The van der Waals surface area contributed by atoms with Gasteiger partial charge in [0.15, 0.2) is 0 Å². The molecule has 0 radical (unpaired) electrons. The molecule has 0 spiro atoms. The van der Waals surface area contributed by atoms with Crippen LogP contribution in [0.2, 0.25) is 0 Å². The summed E-state index contributed by atoms with van der Waals surface area (Å²) in [6.45, 7) is 2.87. The van der Waals surface area contributed by atoms with Gasteiger partial charge in [0.1, 0.15) is 42.0 Å². The fraction of sp³-hybridized carbons (Fsp3) is 0.500. The van der Waals surface area contributed by atoms with Gasteiger partial charge < -0.3 is 39.4 Å². The molecule has 4 rings (SSSR count). The first-order valence-electron chi connectivity index (χ1n) is 10.8. The van der Waals surface area contributed by atoms with Crippen molar-refractivity contribution in [1.82, 2.24) is 0 Å². The van der Waals surface area contributed by atoms with Gasteiger partial charge in [-0.3, -0.25) is 0 Å². The predicted octanol–water partition coefficient (Wildman–Crippen LogP) is 0.932. The average molecular weight is 446 g/mol. The highest BCUT2D eigenvalue weighted by Crippen LogP contribution is 2.27. The number of hydrogen-bond acceptors (Lipinski definition) is 8. The van der Waals surface area contributed by atoms with Crippen molar-refractivity contribution >= 4 is 0 Å². The van der Waals surface area contributed by atoms with Gasteiger partial charge in [0.25, 0.3) is 0 Å². The second-order valence-corrected chi connectivity index (χ2v) is 8.33. The molecule has 2 fully saturated rings. The summed E-state index contributed by atoms with van der Waals surface area (Å²) in [6, 6.07) is 13.5. The summed E-state index contributed by atoms with van der Waals surface area (Å²) in [5.41, 5.74) is 3.22. The number of aryl methyl sites for hydroxylation is 1. The quantitative estimate of drug-likeness (QED) is 0.496. The first kappa shape index (κ1) is 23.0. The highest BCUT2D eigenvalue weighted by Gasteiger charge is 2.44. The zero-order valence-corrected chi connectivity index (χ0v) is 18.0. The van der Waals surface area contributed by atoms with E-state index < -0.39 is 37.3 Å². The number of aliphatic hydroxyl groups excluding tert-OH is 4. The summed E-state index contributed by atoms with van der Waals surface area (Å²) in [5.74, 6) is 1.27. The Morgan fingerprint density at radius 1 is 0.938 bits per heavy atom. The lowest BCUT2D eigenvalue weighted by Crippen LogP contribution is -2.60. The second-order valence-electron chi connectivity index (χ2n) is 8.33. The van der Waals surface area contributed by atoms with Crippen LogP contribution in [0.4, 0.5) is 0 Å². The lowest BCUT2D eigenvalue weighted by molar-refractivity contribution is -0.277. The molecular formula is C24H30O8. The molecule has 6 atom stereocenters. The topological polar surface area (TPSA) is 118 Å². The van der Waals surface area contributed by atoms with E-state index in [1.54, 1.807) is 6.07 Å². The molecule has 1 unspecified atom stereocenters. The molecule has 174 valence electrons. The van der Waals surface area contributed by atoms with Crippen molar-refractivity contribution in [3.8, 4) is 11.5 Å². The van der Waals surface area contributed by atoms with Crippen molar-refractivity contribution < 1.29 is 39.4 Å². The Morgan fingerprint density at radius 2 is 1.69 bits per heavy atom. The van der Waals surface area contributed by atoms with Crippen LogP contribution in [0.15, 0.2) is 42.5 Å². The van der Waals surface area contributed by atoms with Crippen LogP contribution < -0.4 is 9.47 Å². The van der Waals surface area contributed by atoms with E-state index in [9.17, 15) is 20.4 Å². The van der Waals surface area contributed by atoms with Crippen LogP contribution in [0.5, 0.6) is 11.5 Å². The third-order valence-electron chi connectivity index (χ3n) is 5.93. The van der Waals surface area contributed by atoms with Crippen LogP contribution >= 0.6 is 0 Å². The van der Waals surface area contributed by atoms with E-state index in [4.69, 9.17) is 18.9 Å². The number of aliphatic hydroxyl groups is 4. The molecular weight excluding hydrogens is 416 g/mol. The Morgan fingerprint density at radius 3 is 2.38 bits per heavy atom. The lowest BCUT2D eigenvalue weighted by Gasteiger charge is -2.39. The SMILES string of the molecule is Cc1ccc(OC2O[C@H](CO)[C@@H](O)[C@H](O)[C@H]2O)cc1Cc1ccc(O[C@@H]2CCOC2)cc1. The maximum atomic E-state index is 10.2. The van der Waals surface area contributed by atoms with E-state index in [-0.39, 0.29) is 6.10 Å². The van der Waals surface area contributed by atoms with E-state index in [1.807, 2.05) is 43.3 Å². The molecule has 2 saturated heterocycles. The molecule has 0 bridgehead atoms. The van der Waals surface area contributed by atoms with Gasteiger partial charge in [-0.05, 0) is 54.3 Å². The fourth-order valence-corrected chi connectivity index (χ4v) is 3.91. The molecule has 0 aromatic heterocycles. The van der Waals surface area contributed by atoms with Crippen molar-refractivity contribution in [2.75, 3.05) is 19.8 Å². The van der Waals surface area contributed by atoms with E-state index in [2.05, 4.69) is 0 Å². The molecule has 0 saturated carbocycles. The minimum Gasteiger partial charge on any atom is -0.488 e. The molecule has 0 amide bonds. The first-order chi connectivity index (χ1) is 15.4. The van der Waals surface area contributed by atoms with Gasteiger partial charge in [0.05, 0.1) is 19.8 Å². The molecule has 8 nitrogen and oxygen atoms in total. The Kier molecular flexibility index (Phi) is 7.30. The normalized spacial score (nSPS) is 30.3. The average Bonchev–Trinajstić information content (AvgIpc) is 3.31. The van der Waals surface area contributed by atoms with Crippen molar-refractivity contribution in [2.24, 2.45) is 0 Å². The molecule has 4 N–H and O–H groups in total. The monoisotopic (exact) mass is 446 g/mol. The number of ether oxygens (including phenoxy) is 4. The van der Waals surface area contributed by atoms with Gasteiger partial charge in [-0.25, -0.2) is 0 Å². The summed E-state index contributed by atoms with van der Waals surface area (Å²) < 4.78 is 22.4. The highest BCUT2D eigenvalue weighted by atomic mass is 16.7. The lowest BCUT2D eigenvalue weighted by atomic mass is 9.99. The van der Waals surface area contributed by atoms with E-state index in [0.29, 0.717) is 18.8 Å². The fourth-order valence-electron chi connectivity index (χ4n) is 3.91. The standard InChI is InChI=1S/C24H30O8/c1-14-2-5-18(31-24-23(28)22(27)21(26)20(12-25)32-24)11-16(14)10-15-3-6-17(7-4-15)30-19-8-9-29-13-19/h2-7,11,19-28H,8-10,12-13H2,1H3/t19-,20-,21-,22+,23-,24?/m1/s1. The summed E-state index contributed by atoms with van der Waals surface area (Å²) >= 11 is 0. The van der Waals surface area contributed by atoms with E-state index >= 15 is 0 Å².